The fourth-order valence-electron chi connectivity index (χ4n) is 3.88. The second-order valence-electron chi connectivity index (χ2n) is 8.69. The van der Waals surface area contributed by atoms with Crippen LogP contribution in [0.2, 0.25) is 0 Å². The van der Waals surface area contributed by atoms with Crippen LogP contribution < -0.4 is 0 Å². The summed E-state index contributed by atoms with van der Waals surface area (Å²) in [5.41, 5.74) is -0.296. The van der Waals surface area contributed by atoms with Crippen molar-refractivity contribution in [2.45, 2.75) is 71.7 Å². The lowest BCUT2D eigenvalue weighted by molar-refractivity contribution is -0.133. The number of carbonyl (C=O) groups excluding carboxylic acids is 2. The van der Waals surface area contributed by atoms with Crippen molar-refractivity contribution < 1.29 is 19.1 Å². The van der Waals surface area contributed by atoms with E-state index in [0.29, 0.717) is 19.7 Å². The second kappa shape index (κ2) is 10.9. The number of hydrogen-bond acceptors (Lipinski definition) is 4. The average Bonchev–Trinajstić information content (AvgIpc) is 2.72. The van der Waals surface area contributed by atoms with Crippen LogP contribution in [0.5, 0.6) is 0 Å². The molecule has 0 aromatic carbocycles. The van der Waals surface area contributed by atoms with Crippen LogP contribution in [-0.4, -0.2) is 72.7 Å². The molecule has 3 atom stereocenters. The van der Waals surface area contributed by atoms with E-state index in [1.54, 1.807) is 11.0 Å². The van der Waals surface area contributed by atoms with Crippen molar-refractivity contribution >= 4 is 11.8 Å². The predicted octanol–water partition coefficient (Wildman–Crippen LogP) is 3.18. The molecule has 6 heteroatoms. The molecule has 2 saturated heterocycles. The first kappa shape index (κ1) is 23.6. The van der Waals surface area contributed by atoms with Crippen molar-refractivity contribution in [2.24, 2.45) is 5.41 Å². The molecule has 2 fully saturated rings. The largest absolute Gasteiger partial charge is 0.377 e. The maximum atomic E-state index is 12.6. The van der Waals surface area contributed by atoms with Gasteiger partial charge in [0.15, 0.2) is 0 Å². The normalized spacial score (nSPS) is 24.6. The topological polar surface area (TPSA) is 59.1 Å². The highest BCUT2D eigenvalue weighted by molar-refractivity contribution is 5.88. The molecule has 0 radical (unpaired) electrons. The van der Waals surface area contributed by atoms with Gasteiger partial charge in [0.1, 0.15) is 0 Å². The summed E-state index contributed by atoms with van der Waals surface area (Å²) in [7, 11) is 0. The Morgan fingerprint density at radius 2 is 1.69 bits per heavy atom. The highest BCUT2D eigenvalue weighted by atomic mass is 16.5. The molecule has 164 valence electrons. The molecule has 0 N–H and O–H groups in total. The quantitative estimate of drug-likeness (QED) is 0.581. The Morgan fingerprint density at radius 1 is 1.10 bits per heavy atom. The van der Waals surface area contributed by atoms with E-state index in [2.05, 4.69) is 20.4 Å². The fraction of sp³-hybridized carbons (Fsp3) is 0.739. The smallest absolute Gasteiger partial charge is 0.246 e. The van der Waals surface area contributed by atoms with E-state index < -0.39 is 0 Å². The maximum Gasteiger partial charge on any atom is 0.246 e. The fourth-order valence-corrected chi connectivity index (χ4v) is 3.88. The van der Waals surface area contributed by atoms with Crippen LogP contribution in [0.15, 0.2) is 24.8 Å². The van der Waals surface area contributed by atoms with E-state index in [0.717, 1.165) is 38.8 Å². The molecule has 0 saturated carbocycles. The molecule has 0 aromatic rings. The first-order chi connectivity index (χ1) is 13.8. The number of ether oxygens (including phenoxy) is 2. The van der Waals surface area contributed by atoms with Gasteiger partial charge in [0.2, 0.25) is 11.8 Å². The van der Waals surface area contributed by atoms with Gasteiger partial charge >= 0.3 is 0 Å². The zero-order valence-corrected chi connectivity index (χ0v) is 18.6. The van der Waals surface area contributed by atoms with Crippen molar-refractivity contribution in [3.05, 3.63) is 24.8 Å². The Bertz CT molecular complexity index is 600. The predicted molar refractivity (Wildman–Crippen MR) is 114 cm³/mol. The Labute approximate surface area is 175 Å². The van der Waals surface area contributed by atoms with Gasteiger partial charge in [-0.15, -0.1) is 0 Å². The van der Waals surface area contributed by atoms with Crippen molar-refractivity contribution in [2.75, 3.05) is 32.8 Å². The van der Waals surface area contributed by atoms with Gasteiger partial charge in [-0.1, -0.05) is 26.5 Å². The summed E-state index contributed by atoms with van der Waals surface area (Å²) < 4.78 is 12.0. The summed E-state index contributed by atoms with van der Waals surface area (Å²) in [6.07, 6.45) is 8.96. The minimum atomic E-state index is -0.296. The lowest BCUT2D eigenvalue weighted by Gasteiger charge is -2.37. The number of nitrogens with zero attached hydrogens (tertiary/aromatic N) is 2. The number of hydrogen-bond donors (Lipinski definition) is 0. The molecule has 2 heterocycles. The van der Waals surface area contributed by atoms with Gasteiger partial charge in [-0.05, 0) is 51.7 Å². The van der Waals surface area contributed by atoms with E-state index in [-0.39, 0.29) is 35.5 Å². The van der Waals surface area contributed by atoms with Gasteiger partial charge in [-0.25, -0.2) is 0 Å². The zero-order valence-electron chi connectivity index (χ0n) is 18.6. The summed E-state index contributed by atoms with van der Waals surface area (Å²) in [4.78, 5) is 28.2. The average molecular weight is 407 g/mol. The highest BCUT2D eigenvalue weighted by Gasteiger charge is 2.30. The summed E-state index contributed by atoms with van der Waals surface area (Å²) >= 11 is 0. The molecule has 0 spiro atoms. The Morgan fingerprint density at radius 3 is 2.31 bits per heavy atom. The van der Waals surface area contributed by atoms with Gasteiger partial charge in [0.05, 0.1) is 18.3 Å². The monoisotopic (exact) mass is 406 g/mol. The lowest BCUT2D eigenvalue weighted by Crippen LogP contribution is -2.45. The van der Waals surface area contributed by atoms with Crippen molar-refractivity contribution in [3.63, 3.8) is 0 Å². The number of likely N-dealkylation sites (tertiary alicyclic amines) is 2. The number of carbonyl (C=O) groups is 2. The minimum Gasteiger partial charge on any atom is -0.377 e. The van der Waals surface area contributed by atoms with Crippen LogP contribution in [0.1, 0.15) is 53.4 Å². The molecular weight excluding hydrogens is 368 g/mol. The van der Waals surface area contributed by atoms with Crippen LogP contribution in [-0.2, 0) is 19.1 Å². The van der Waals surface area contributed by atoms with E-state index in [1.165, 1.54) is 6.08 Å². The summed E-state index contributed by atoms with van der Waals surface area (Å²) in [5.74, 6) is -0.00214. The van der Waals surface area contributed by atoms with E-state index >= 15 is 0 Å². The third-order valence-corrected chi connectivity index (χ3v) is 6.06. The van der Waals surface area contributed by atoms with Crippen LogP contribution in [0.3, 0.4) is 0 Å². The SMILES string of the molecule is C=CC(=O)N1CCC[C@@H](O[C@@H](C)C(C)(C)/C=C/C(=O)N2CCC[C@@H](OCC)C2)C1. The minimum absolute atomic E-state index is 0.0140. The first-order valence-corrected chi connectivity index (χ1v) is 10.9. The Kier molecular flexibility index (Phi) is 8.90. The van der Waals surface area contributed by atoms with E-state index in [1.807, 2.05) is 24.8 Å². The second-order valence-corrected chi connectivity index (χ2v) is 8.69. The summed E-state index contributed by atoms with van der Waals surface area (Å²) in [6, 6.07) is 0. The molecule has 6 nitrogen and oxygen atoms in total. The molecule has 2 aliphatic rings. The third-order valence-electron chi connectivity index (χ3n) is 6.06. The molecule has 2 amide bonds. The van der Waals surface area contributed by atoms with Gasteiger partial charge in [0, 0.05) is 38.2 Å². The van der Waals surface area contributed by atoms with Crippen molar-refractivity contribution in [1.82, 2.24) is 9.80 Å². The van der Waals surface area contributed by atoms with Crippen LogP contribution in [0.25, 0.3) is 0 Å². The lowest BCUT2D eigenvalue weighted by atomic mass is 9.86. The molecule has 0 bridgehead atoms. The number of piperidine rings is 2. The van der Waals surface area contributed by atoms with E-state index in [9.17, 15) is 9.59 Å². The van der Waals surface area contributed by atoms with Gasteiger partial charge in [-0.3, -0.25) is 9.59 Å². The summed E-state index contributed by atoms with van der Waals surface area (Å²) in [6.45, 7) is 15.2. The van der Waals surface area contributed by atoms with Gasteiger partial charge in [0.25, 0.3) is 0 Å². The molecule has 0 aliphatic carbocycles. The molecule has 0 aromatic heterocycles. The van der Waals surface area contributed by atoms with Gasteiger partial charge < -0.3 is 19.3 Å². The first-order valence-electron chi connectivity index (χ1n) is 10.9. The van der Waals surface area contributed by atoms with Crippen molar-refractivity contribution in [1.29, 1.82) is 0 Å². The molecule has 2 rings (SSSR count). The number of rotatable bonds is 8. The Hall–Kier alpha value is -1.66. The molecular formula is C23H38N2O4. The molecule has 0 unspecified atom stereocenters. The summed E-state index contributed by atoms with van der Waals surface area (Å²) in [5, 5.41) is 0. The van der Waals surface area contributed by atoms with Crippen LogP contribution in [0, 0.1) is 5.41 Å². The van der Waals surface area contributed by atoms with Crippen LogP contribution >= 0.6 is 0 Å². The molecule has 29 heavy (non-hydrogen) atoms. The standard InChI is InChI=1S/C23H38N2O4/c1-6-21(26)24-14-9-11-20(17-24)29-18(3)23(4,5)13-12-22(27)25-15-8-10-19(16-25)28-7-2/h6,12-13,18-20H,1,7-11,14-17H2,2-5H3/b13-12+/t18-,19+,20+/m0/s1. The Balaban J connectivity index is 1.89. The molecule has 2 aliphatic heterocycles. The van der Waals surface area contributed by atoms with E-state index in [4.69, 9.17) is 9.47 Å². The zero-order chi connectivity index (χ0) is 21.4. The maximum absolute atomic E-state index is 12.6. The number of amides is 2. The highest BCUT2D eigenvalue weighted by Crippen LogP contribution is 2.28. The van der Waals surface area contributed by atoms with Crippen LogP contribution in [0.4, 0.5) is 0 Å². The third kappa shape index (κ3) is 6.96. The van der Waals surface area contributed by atoms with Crippen molar-refractivity contribution in [3.8, 4) is 0 Å². The van der Waals surface area contributed by atoms with Gasteiger partial charge in [-0.2, -0.15) is 0 Å².